The van der Waals surface area contributed by atoms with Crippen LogP contribution in [0, 0.1) is 0 Å². The number of aryl methyl sites for hydroxylation is 1. The Balaban J connectivity index is 1.72. The SMILES string of the molecule is COc1ccc(C(NC(=O)NCC(c2cnn(C)c2)N(C)C)c2ccccc2)cc1. The molecule has 1 aromatic heterocycles. The number of rotatable bonds is 8. The largest absolute Gasteiger partial charge is 0.497 e. The van der Waals surface area contributed by atoms with Crippen LogP contribution < -0.4 is 15.4 Å². The second-order valence-corrected chi connectivity index (χ2v) is 7.40. The summed E-state index contributed by atoms with van der Waals surface area (Å²) in [6.07, 6.45) is 3.79. The van der Waals surface area contributed by atoms with Gasteiger partial charge in [-0.15, -0.1) is 0 Å². The predicted molar refractivity (Wildman–Crippen MR) is 117 cm³/mol. The molecule has 0 saturated carbocycles. The van der Waals surface area contributed by atoms with E-state index in [9.17, 15) is 4.79 Å². The van der Waals surface area contributed by atoms with Gasteiger partial charge in [0.1, 0.15) is 5.75 Å². The molecule has 0 fully saturated rings. The molecule has 2 atom stereocenters. The van der Waals surface area contributed by atoms with Crippen LogP contribution >= 0.6 is 0 Å². The molecule has 158 valence electrons. The van der Waals surface area contributed by atoms with Crippen LogP contribution in [0.1, 0.15) is 28.8 Å². The van der Waals surface area contributed by atoms with Crippen molar-refractivity contribution in [2.45, 2.75) is 12.1 Å². The van der Waals surface area contributed by atoms with Crippen LogP contribution in [0.4, 0.5) is 4.79 Å². The Bertz CT molecular complexity index is 938. The van der Waals surface area contributed by atoms with Crippen LogP contribution in [-0.4, -0.2) is 48.5 Å². The van der Waals surface area contributed by atoms with Gasteiger partial charge in [-0.05, 0) is 37.4 Å². The van der Waals surface area contributed by atoms with Gasteiger partial charge in [0, 0.05) is 25.4 Å². The van der Waals surface area contributed by atoms with Gasteiger partial charge >= 0.3 is 6.03 Å². The zero-order valence-corrected chi connectivity index (χ0v) is 17.9. The molecule has 2 aromatic carbocycles. The van der Waals surface area contributed by atoms with E-state index in [0.29, 0.717) is 6.54 Å². The average Bonchev–Trinajstić information content (AvgIpc) is 3.18. The van der Waals surface area contributed by atoms with Crippen LogP contribution in [0.25, 0.3) is 0 Å². The molecule has 7 nitrogen and oxygen atoms in total. The van der Waals surface area contributed by atoms with E-state index in [1.807, 2.05) is 88.1 Å². The number of amides is 2. The van der Waals surface area contributed by atoms with Gasteiger partial charge in [-0.2, -0.15) is 5.10 Å². The molecule has 0 aliphatic heterocycles. The van der Waals surface area contributed by atoms with E-state index in [4.69, 9.17) is 4.74 Å². The molecule has 0 bridgehead atoms. The molecule has 0 radical (unpaired) electrons. The number of aromatic nitrogens is 2. The first kappa shape index (κ1) is 21.4. The number of carbonyl (C=O) groups excluding carboxylic acids is 1. The first-order chi connectivity index (χ1) is 14.5. The fourth-order valence-electron chi connectivity index (χ4n) is 3.38. The third kappa shape index (κ3) is 5.39. The van der Waals surface area contributed by atoms with E-state index < -0.39 is 0 Å². The fourth-order valence-corrected chi connectivity index (χ4v) is 3.38. The highest BCUT2D eigenvalue weighted by atomic mass is 16.5. The summed E-state index contributed by atoms with van der Waals surface area (Å²) in [5.74, 6) is 0.778. The molecular weight excluding hydrogens is 378 g/mol. The van der Waals surface area contributed by atoms with Crippen molar-refractivity contribution in [1.82, 2.24) is 25.3 Å². The predicted octanol–water partition coefficient (Wildman–Crippen LogP) is 3.12. The van der Waals surface area contributed by atoms with Crippen molar-refractivity contribution >= 4 is 6.03 Å². The van der Waals surface area contributed by atoms with Crippen LogP contribution in [0.2, 0.25) is 0 Å². The highest BCUT2D eigenvalue weighted by Crippen LogP contribution is 2.24. The van der Waals surface area contributed by atoms with Gasteiger partial charge < -0.3 is 20.3 Å². The minimum Gasteiger partial charge on any atom is -0.497 e. The number of hydrogen-bond acceptors (Lipinski definition) is 4. The van der Waals surface area contributed by atoms with E-state index in [1.54, 1.807) is 11.8 Å². The lowest BCUT2D eigenvalue weighted by Gasteiger charge is -2.25. The van der Waals surface area contributed by atoms with Crippen molar-refractivity contribution in [2.24, 2.45) is 7.05 Å². The first-order valence-corrected chi connectivity index (χ1v) is 9.86. The average molecular weight is 408 g/mol. The molecule has 0 spiro atoms. The van der Waals surface area contributed by atoms with E-state index in [-0.39, 0.29) is 18.1 Å². The maximum atomic E-state index is 12.8. The third-order valence-electron chi connectivity index (χ3n) is 5.05. The lowest BCUT2D eigenvalue weighted by atomic mass is 9.99. The standard InChI is InChI=1S/C23H29N5O2/c1-27(2)21(19-14-25-28(3)16-19)15-24-23(29)26-22(17-8-6-5-7-9-17)18-10-12-20(30-4)13-11-18/h5-14,16,21-22H,15H2,1-4H3,(H2,24,26,29). The number of carbonyl (C=O) groups is 1. The molecule has 0 aliphatic carbocycles. The normalized spacial score (nSPS) is 13.0. The maximum absolute atomic E-state index is 12.8. The summed E-state index contributed by atoms with van der Waals surface area (Å²) in [6, 6.07) is 17.2. The molecule has 2 amide bonds. The van der Waals surface area contributed by atoms with Crippen molar-refractivity contribution in [1.29, 1.82) is 0 Å². The quantitative estimate of drug-likeness (QED) is 0.602. The molecule has 0 saturated heterocycles. The maximum Gasteiger partial charge on any atom is 0.315 e. The number of nitrogens with one attached hydrogen (secondary N) is 2. The summed E-state index contributed by atoms with van der Waals surface area (Å²) < 4.78 is 7.02. The Morgan fingerprint density at radius 2 is 1.73 bits per heavy atom. The highest BCUT2D eigenvalue weighted by molar-refractivity contribution is 5.75. The minimum absolute atomic E-state index is 0.0283. The summed E-state index contributed by atoms with van der Waals surface area (Å²) in [5.41, 5.74) is 3.04. The van der Waals surface area contributed by atoms with Gasteiger partial charge in [0.05, 0.1) is 25.4 Å². The van der Waals surface area contributed by atoms with E-state index in [2.05, 4.69) is 20.6 Å². The number of benzene rings is 2. The van der Waals surface area contributed by atoms with Crippen molar-refractivity contribution in [2.75, 3.05) is 27.7 Å². The molecule has 3 rings (SSSR count). The van der Waals surface area contributed by atoms with Crippen LogP contribution in [0.3, 0.4) is 0 Å². The molecule has 0 aliphatic rings. The summed E-state index contributed by atoms with van der Waals surface area (Å²) >= 11 is 0. The second-order valence-electron chi connectivity index (χ2n) is 7.40. The molecule has 2 N–H and O–H groups in total. The van der Waals surface area contributed by atoms with Crippen LogP contribution in [0.15, 0.2) is 67.0 Å². The van der Waals surface area contributed by atoms with Gasteiger partial charge in [-0.25, -0.2) is 4.79 Å². The minimum atomic E-state index is -0.270. The molecule has 3 aromatic rings. The van der Waals surface area contributed by atoms with Crippen molar-refractivity contribution in [3.8, 4) is 5.75 Å². The molecule has 7 heteroatoms. The summed E-state index contributed by atoms with van der Waals surface area (Å²) in [7, 11) is 7.50. The first-order valence-electron chi connectivity index (χ1n) is 9.86. The Morgan fingerprint density at radius 3 is 2.30 bits per heavy atom. The van der Waals surface area contributed by atoms with E-state index in [1.165, 1.54) is 0 Å². The monoisotopic (exact) mass is 407 g/mol. The number of methoxy groups -OCH3 is 1. The number of urea groups is 1. The van der Waals surface area contributed by atoms with Crippen LogP contribution in [-0.2, 0) is 7.05 Å². The smallest absolute Gasteiger partial charge is 0.315 e. The van der Waals surface area contributed by atoms with Gasteiger partial charge in [0.25, 0.3) is 0 Å². The Hall–Kier alpha value is -3.32. The Morgan fingerprint density at radius 1 is 1.07 bits per heavy atom. The topological polar surface area (TPSA) is 71.4 Å². The second kappa shape index (κ2) is 9.93. The molecule has 2 unspecified atom stereocenters. The number of nitrogens with zero attached hydrogens (tertiary/aromatic N) is 3. The third-order valence-corrected chi connectivity index (χ3v) is 5.05. The van der Waals surface area contributed by atoms with Crippen molar-refractivity contribution in [3.63, 3.8) is 0 Å². The summed E-state index contributed by atoms with van der Waals surface area (Å²) in [6.45, 7) is 0.467. The zero-order chi connectivity index (χ0) is 21.5. The number of likely N-dealkylation sites (N-methyl/N-ethyl adjacent to an activating group) is 1. The Labute approximate surface area is 177 Å². The van der Waals surface area contributed by atoms with Gasteiger partial charge in [0.2, 0.25) is 0 Å². The van der Waals surface area contributed by atoms with Gasteiger partial charge in [0.15, 0.2) is 0 Å². The number of ether oxygens (including phenoxy) is 1. The molecule has 1 heterocycles. The number of hydrogen-bond donors (Lipinski definition) is 2. The summed E-state index contributed by atoms with van der Waals surface area (Å²) in [5, 5.41) is 10.4. The molecular formula is C23H29N5O2. The molecule has 30 heavy (non-hydrogen) atoms. The van der Waals surface area contributed by atoms with Crippen LogP contribution in [0.5, 0.6) is 5.75 Å². The van der Waals surface area contributed by atoms with E-state index in [0.717, 1.165) is 22.4 Å². The lowest BCUT2D eigenvalue weighted by Crippen LogP contribution is -2.42. The van der Waals surface area contributed by atoms with Gasteiger partial charge in [-0.1, -0.05) is 42.5 Å². The summed E-state index contributed by atoms with van der Waals surface area (Å²) in [4.78, 5) is 14.9. The lowest BCUT2D eigenvalue weighted by molar-refractivity contribution is 0.230. The highest BCUT2D eigenvalue weighted by Gasteiger charge is 2.20. The van der Waals surface area contributed by atoms with Gasteiger partial charge in [-0.3, -0.25) is 4.68 Å². The fraction of sp³-hybridized carbons (Fsp3) is 0.304. The van der Waals surface area contributed by atoms with Crippen molar-refractivity contribution in [3.05, 3.63) is 83.7 Å². The van der Waals surface area contributed by atoms with Crippen molar-refractivity contribution < 1.29 is 9.53 Å². The zero-order valence-electron chi connectivity index (χ0n) is 17.9. The Kier molecular flexibility index (Phi) is 7.08. The van der Waals surface area contributed by atoms with E-state index >= 15 is 0 Å².